The second kappa shape index (κ2) is 10.9. The molecule has 0 saturated carbocycles. The molecule has 2 rings (SSSR count). The van der Waals surface area contributed by atoms with Crippen LogP contribution in [0.2, 0.25) is 0 Å². The predicted molar refractivity (Wildman–Crippen MR) is 108 cm³/mol. The summed E-state index contributed by atoms with van der Waals surface area (Å²) >= 11 is 0. The number of rotatable bonds is 10. The van der Waals surface area contributed by atoms with Crippen LogP contribution >= 0.6 is 0 Å². The zero-order chi connectivity index (χ0) is 21.4. The molecule has 0 heterocycles. The standard InChI is InChI=1S/C22H28F2N2O3/c1-14-10-17(7-8-19(14)23)13-29-9-5-4-6-20(22(27)26-28)25-18-11-15(2)21(24)16(3)12-18/h7-8,10-12,20,25,28H,4-6,9,13H2,1-3H3,(H,26,27). The summed E-state index contributed by atoms with van der Waals surface area (Å²) in [5.74, 6) is -1.06. The molecule has 0 bridgehead atoms. The van der Waals surface area contributed by atoms with Crippen LogP contribution in [0.4, 0.5) is 14.5 Å². The molecule has 5 nitrogen and oxygen atoms in total. The first kappa shape index (κ1) is 22.8. The van der Waals surface area contributed by atoms with Gasteiger partial charge in [0.25, 0.3) is 5.91 Å². The van der Waals surface area contributed by atoms with Gasteiger partial charge in [0.05, 0.1) is 6.61 Å². The highest BCUT2D eigenvalue weighted by molar-refractivity contribution is 5.83. The number of carbonyl (C=O) groups is 1. The van der Waals surface area contributed by atoms with Gasteiger partial charge in [0.1, 0.15) is 17.7 Å². The Kier molecular flexibility index (Phi) is 8.54. The van der Waals surface area contributed by atoms with Crippen molar-refractivity contribution in [3.63, 3.8) is 0 Å². The molecule has 0 aliphatic rings. The van der Waals surface area contributed by atoms with E-state index in [1.54, 1.807) is 50.5 Å². The van der Waals surface area contributed by atoms with Crippen LogP contribution in [0.1, 0.15) is 41.5 Å². The number of aryl methyl sites for hydroxylation is 3. The fourth-order valence-corrected chi connectivity index (χ4v) is 3.12. The number of halogens is 2. The fraction of sp³-hybridized carbons (Fsp3) is 0.409. The van der Waals surface area contributed by atoms with Crippen LogP contribution in [0.5, 0.6) is 0 Å². The second-order valence-corrected chi connectivity index (χ2v) is 7.23. The van der Waals surface area contributed by atoms with Crippen LogP contribution < -0.4 is 10.8 Å². The third-order valence-corrected chi connectivity index (χ3v) is 4.73. The normalized spacial score (nSPS) is 11.9. The predicted octanol–water partition coefficient (Wildman–Crippen LogP) is 4.56. The Labute approximate surface area is 170 Å². The maximum Gasteiger partial charge on any atom is 0.265 e. The van der Waals surface area contributed by atoms with Crippen LogP contribution in [0, 0.1) is 32.4 Å². The molecule has 0 aliphatic heterocycles. The van der Waals surface area contributed by atoms with Crippen LogP contribution in [0.3, 0.4) is 0 Å². The maximum absolute atomic E-state index is 13.8. The van der Waals surface area contributed by atoms with Crippen molar-refractivity contribution in [3.8, 4) is 0 Å². The van der Waals surface area contributed by atoms with E-state index in [-0.39, 0.29) is 11.6 Å². The highest BCUT2D eigenvalue weighted by atomic mass is 19.1. The zero-order valence-electron chi connectivity index (χ0n) is 17.0. The van der Waals surface area contributed by atoms with Gasteiger partial charge in [-0.25, -0.2) is 14.3 Å². The number of unbranched alkanes of at least 4 members (excludes halogenated alkanes) is 1. The lowest BCUT2D eigenvalue weighted by Crippen LogP contribution is -2.38. The topological polar surface area (TPSA) is 70.6 Å². The van der Waals surface area contributed by atoms with Gasteiger partial charge in [-0.2, -0.15) is 0 Å². The number of amides is 1. The third-order valence-electron chi connectivity index (χ3n) is 4.73. The van der Waals surface area contributed by atoms with E-state index in [0.717, 1.165) is 12.0 Å². The number of nitrogens with one attached hydrogen (secondary N) is 2. The van der Waals surface area contributed by atoms with Crippen LogP contribution in [0.15, 0.2) is 30.3 Å². The summed E-state index contributed by atoms with van der Waals surface area (Å²) in [6.07, 6.45) is 1.88. The lowest BCUT2D eigenvalue weighted by Gasteiger charge is -2.19. The van der Waals surface area contributed by atoms with Crippen LogP contribution in [0.25, 0.3) is 0 Å². The molecule has 7 heteroatoms. The molecule has 29 heavy (non-hydrogen) atoms. The average molecular weight is 406 g/mol. The van der Waals surface area contributed by atoms with Crippen molar-refractivity contribution in [3.05, 3.63) is 64.2 Å². The Morgan fingerprint density at radius 2 is 1.76 bits per heavy atom. The van der Waals surface area contributed by atoms with E-state index in [9.17, 15) is 13.6 Å². The molecular formula is C22H28F2N2O3. The van der Waals surface area contributed by atoms with Crippen molar-refractivity contribution in [1.82, 2.24) is 5.48 Å². The summed E-state index contributed by atoms with van der Waals surface area (Å²) < 4.78 is 32.7. The summed E-state index contributed by atoms with van der Waals surface area (Å²) in [7, 11) is 0. The van der Waals surface area contributed by atoms with Gasteiger partial charge in [-0.3, -0.25) is 10.0 Å². The first-order chi connectivity index (χ1) is 13.8. The van der Waals surface area contributed by atoms with Gasteiger partial charge in [0.15, 0.2) is 0 Å². The van der Waals surface area contributed by atoms with E-state index in [0.29, 0.717) is 48.4 Å². The van der Waals surface area contributed by atoms with Crippen LogP contribution in [-0.2, 0) is 16.1 Å². The van der Waals surface area contributed by atoms with Gasteiger partial charge in [-0.15, -0.1) is 0 Å². The zero-order valence-corrected chi connectivity index (χ0v) is 17.0. The SMILES string of the molecule is Cc1cc(COCCCCC(Nc2cc(C)c(F)c(C)c2)C(=O)NO)ccc1F. The molecule has 1 amide bonds. The summed E-state index contributed by atoms with van der Waals surface area (Å²) in [6.45, 7) is 5.93. The summed E-state index contributed by atoms with van der Waals surface area (Å²) in [5, 5.41) is 12.0. The summed E-state index contributed by atoms with van der Waals surface area (Å²) in [4.78, 5) is 12.0. The van der Waals surface area contributed by atoms with E-state index < -0.39 is 11.9 Å². The van der Waals surface area contributed by atoms with Gasteiger partial charge in [-0.05, 0) is 80.5 Å². The number of ether oxygens (including phenoxy) is 1. The summed E-state index contributed by atoms with van der Waals surface area (Å²) in [5.41, 5.74) is 4.76. The van der Waals surface area contributed by atoms with Gasteiger partial charge in [0.2, 0.25) is 0 Å². The van der Waals surface area contributed by atoms with E-state index in [4.69, 9.17) is 9.94 Å². The fourth-order valence-electron chi connectivity index (χ4n) is 3.12. The summed E-state index contributed by atoms with van der Waals surface area (Å²) in [6, 6.07) is 7.50. The molecule has 0 radical (unpaired) electrons. The molecule has 1 atom stereocenters. The quantitative estimate of drug-likeness (QED) is 0.307. The Hall–Kier alpha value is -2.51. The van der Waals surface area contributed by atoms with Crippen molar-refractivity contribution < 1.29 is 23.5 Å². The molecule has 158 valence electrons. The second-order valence-electron chi connectivity index (χ2n) is 7.23. The monoisotopic (exact) mass is 406 g/mol. The third kappa shape index (κ3) is 6.80. The van der Waals surface area contributed by atoms with Crippen molar-refractivity contribution >= 4 is 11.6 Å². The number of carbonyl (C=O) groups excluding carboxylic acids is 1. The Balaban J connectivity index is 1.80. The molecule has 3 N–H and O–H groups in total. The number of benzene rings is 2. The van der Waals surface area contributed by atoms with Gasteiger partial charge in [0, 0.05) is 12.3 Å². The number of anilines is 1. The van der Waals surface area contributed by atoms with E-state index in [1.807, 2.05) is 0 Å². The van der Waals surface area contributed by atoms with Gasteiger partial charge >= 0.3 is 0 Å². The van der Waals surface area contributed by atoms with E-state index >= 15 is 0 Å². The van der Waals surface area contributed by atoms with Crippen molar-refractivity contribution in [2.24, 2.45) is 0 Å². The Bertz CT molecular complexity index is 820. The minimum Gasteiger partial charge on any atom is -0.377 e. The smallest absolute Gasteiger partial charge is 0.265 e. The molecule has 2 aromatic carbocycles. The maximum atomic E-state index is 13.8. The number of hydrogen-bond donors (Lipinski definition) is 3. The molecule has 0 spiro atoms. The lowest BCUT2D eigenvalue weighted by atomic mass is 10.1. The molecule has 1 unspecified atom stereocenters. The first-order valence-corrected chi connectivity index (χ1v) is 9.61. The van der Waals surface area contributed by atoms with E-state index in [1.165, 1.54) is 6.07 Å². The highest BCUT2D eigenvalue weighted by Gasteiger charge is 2.18. The van der Waals surface area contributed by atoms with Crippen LogP contribution in [-0.4, -0.2) is 23.8 Å². The number of hydrogen-bond acceptors (Lipinski definition) is 4. The number of hydroxylamine groups is 1. The molecule has 0 aliphatic carbocycles. The first-order valence-electron chi connectivity index (χ1n) is 9.61. The Morgan fingerprint density at radius 3 is 2.38 bits per heavy atom. The van der Waals surface area contributed by atoms with Gasteiger partial charge in [-0.1, -0.05) is 12.1 Å². The highest BCUT2D eigenvalue weighted by Crippen LogP contribution is 2.20. The lowest BCUT2D eigenvalue weighted by molar-refractivity contribution is -0.130. The molecule has 2 aromatic rings. The average Bonchev–Trinajstić information content (AvgIpc) is 2.69. The van der Waals surface area contributed by atoms with Crippen molar-refractivity contribution in [2.75, 3.05) is 11.9 Å². The minimum atomic E-state index is -0.649. The van der Waals surface area contributed by atoms with E-state index in [2.05, 4.69) is 5.32 Å². The molecular weight excluding hydrogens is 378 g/mol. The Morgan fingerprint density at radius 1 is 1.07 bits per heavy atom. The van der Waals surface area contributed by atoms with Gasteiger partial charge < -0.3 is 10.1 Å². The molecule has 0 fully saturated rings. The van der Waals surface area contributed by atoms with Crippen molar-refractivity contribution in [1.29, 1.82) is 0 Å². The largest absolute Gasteiger partial charge is 0.377 e. The molecule has 0 saturated heterocycles. The van der Waals surface area contributed by atoms with Crippen molar-refractivity contribution in [2.45, 2.75) is 52.7 Å². The minimum absolute atomic E-state index is 0.235. The molecule has 0 aromatic heterocycles.